The Morgan fingerprint density at radius 2 is 2.07 bits per heavy atom. The Labute approximate surface area is 178 Å². The molecule has 150 valence electrons. The van der Waals surface area contributed by atoms with Crippen molar-refractivity contribution in [2.45, 2.75) is 51.4 Å². The fourth-order valence-corrected chi connectivity index (χ4v) is 3.51. The maximum absolute atomic E-state index is 5.30. The highest BCUT2D eigenvalue weighted by molar-refractivity contribution is 14.0. The van der Waals surface area contributed by atoms with Gasteiger partial charge in [-0.3, -0.25) is 10.1 Å². The minimum absolute atomic E-state index is 0. The zero-order valence-corrected chi connectivity index (χ0v) is 18.4. The monoisotopic (exact) mass is 486 g/mol. The van der Waals surface area contributed by atoms with E-state index in [9.17, 15) is 0 Å². The number of unbranched alkanes of at least 4 members (excludes halogenated alkanes) is 1. The van der Waals surface area contributed by atoms with Gasteiger partial charge in [0.1, 0.15) is 5.82 Å². The molecule has 1 aliphatic rings. The topological polar surface area (TPSA) is 91.1 Å². The minimum Gasteiger partial charge on any atom is -0.461 e. The van der Waals surface area contributed by atoms with Crippen LogP contribution in [0.3, 0.4) is 0 Å². The van der Waals surface area contributed by atoms with Crippen LogP contribution in [-0.2, 0) is 6.42 Å². The van der Waals surface area contributed by atoms with E-state index in [-0.39, 0.29) is 24.0 Å². The van der Waals surface area contributed by atoms with Crippen LogP contribution in [0.5, 0.6) is 0 Å². The van der Waals surface area contributed by atoms with E-state index in [0.717, 1.165) is 37.2 Å². The maximum Gasteiger partial charge on any atom is 0.216 e. The van der Waals surface area contributed by atoms with E-state index in [0.29, 0.717) is 11.6 Å². The van der Waals surface area contributed by atoms with Crippen molar-refractivity contribution in [3.8, 4) is 11.6 Å². The SMILES string of the molecule is CN=C(NCCCCC1CCCC1)NCCc1nc(-c2ccco2)n[nH]1.I. The number of hydrogen-bond donors (Lipinski definition) is 3. The summed E-state index contributed by atoms with van der Waals surface area (Å²) in [6.07, 6.45) is 12.0. The molecule has 0 radical (unpaired) electrons. The second kappa shape index (κ2) is 12.0. The molecule has 7 nitrogen and oxygen atoms in total. The molecule has 1 fully saturated rings. The lowest BCUT2D eigenvalue weighted by Gasteiger charge is -2.12. The molecule has 1 aliphatic carbocycles. The van der Waals surface area contributed by atoms with Crippen LogP contribution >= 0.6 is 24.0 Å². The summed E-state index contributed by atoms with van der Waals surface area (Å²) < 4.78 is 5.30. The van der Waals surface area contributed by atoms with Gasteiger partial charge in [-0.1, -0.05) is 38.5 Å². The van der Waals surface area contributed by atoms with Gasteiger partial charge in [0.05, 0.1) is 6.26 Å². The van der Waals surface area contributed by atoms with Crippen molar-refractivity contribution in [2.75, 3.05) is 20.1 Å². The van der Waals surface area contributed by atoms with Crippen molar-refractivity contribution in [3.05, 3.63) is 24.2 Å². The summed E-state index contributed by atoms with van der Waals surface area (Å²) in [5.74, 6) is 3.93. The molecule has 3 rings (SSSR count). The maximum atomic E-state index is 5.30. The molecule has 27 heavy (non-hydrogen) atoms. The third-order valence-corrected chi connectivity index (χ3v) is 4.96. The molecule has 2 aromatic heterocycles. The Bertz CT molecular complexity index is 664. The molecular weight excluding hydrogens is 455 g/mol. The highest BCUT2D eigenvalue weighted by atomic mass is 127. The fraction of sp³-hybridized carbons (Fsp3) is 0.632. The molecule has 8 heteroatoms. The van der Waals surface area contributed by atoms with Crippen LogP contribution in [0.4, 0.5) is 0 Å². The second-order valence-corrected chi connectivity index (χ2v) is 6.91. The first-order chi connectivity index (χ1) is 12.8. The molecule has 0 atom stereocenters. The Kier molecular flexibility index (Phi) is 9.65. The Balaban J connectivity index is 0.00000261. The summed E-state index contributed by atoms with van der Waals surface area (Å²) >= 11 is 0. The van der Waals surface area contributed by atoms with Gasteiger partial charge >= 0.3 is 0 Å². The van der Waals surface area contributed by atoms with Gasteiger partial charge in [0.2, 0.25) is 5.82 Å². The number of aromatic amines is 1. The number of halogens is 1. The summed E-state index contributed by atoms with van der Waals surface area (Å²) in [4.78, 5) is 8.71. The lowest BCUT2D eigenvalue weighted by atomic mass is 10.0. The fourth-order valence-electron chi connectivity index (χ4n) is 3.51. The normalized spacial score (nSPS) is 14.9. The van der Waals surface area contributed by atoms with Crippen molar-refractivity contribution < 1.29 is 4.42 Å². The van der Waals surface area contributed by atoms with Crippen LogP contribution < -0.4 is 10.6 Å². The third kappa shape index (κ3) is 7.15. The molecule has 1 saturated carbocycles. The van der Waals surface area contributed by atoms with E-state index >= 15 is 0 Å². The highest BCUT2D eigenvalue weighted by Gasteiger charge is 2.13. The number of rotatable bonds is 9. The van der Waals surface area contributed by atoms with Gasteiger partial charge in [-0.15, -0.1) is 24.0 Å². The molecular formula is C19H31IN6O. The van der Waals surface area contributed by atoms with Gasteiger partial charge in [-0.05, 0) is 24.5 Å². The van der Waals surface area contributed by atoms with E-state index in [1.54, 1.807) is 13.3 Å². The molecule has 0 unspecified atom stereocenters. The van der Waals surface area contributed by atoms with Gasteiger partial charge in [-0.25, -0.2) is 4.98 Å². The third-order valence-electron chi connectivity index (χ3n) is 4.96. The number of nitrogens with zero attached hydrogens (tertiary/aromatic N) is 3. The quantitative estimate of drug-likeness (QED) is 0.217. The molecule has 0 aliphatic heterocycles. The molecule has 0 spiro atoms. The average molecular weight is 486 g/mol. The number of guanidine groups is 1. The summed E-state index contributed by atoms with van der Waals surface area (Å²) in [7, 11) is 1.80. The van der Waals surface area contributed by atoms with E-state index < -0.39 is 0 Å². The van der Waals surface area contributed by atoms with Gasteiger partial charge in [0.15, 0.2) is 11.7 Å². The summed E-state index contributed by atoms with van der Waals surface area (Å²) in [5.41, 5.74) is 0. The van der Waals surface area contributed by atoms with Crippen molar-refractivity contribution in [1.82, 2.24) is 25.8 Å². The Morgan fingerprint density at radius 1 is 1.26 bits per heavy atom. The smallest absolute Gasteiger partial charge is 0.216 e. The Hall–Kier alpha value is -1.58. The minimum atomic E-state index is 0. The molecule has 3 N–H and O–H groups in total. The van der Waals surface area contributed by atoms with Gasteiger partial charge < -0.3 is 15.1 Å². The van der Waals surface area contributed by atoms with Crippen LogP contribution in [0.15, 0.2) is 27.8 Å². The predicted octanol–water partition coefficient (Wildman–Crippen LogP) is 3.75. The molecule has 0 bridgehead atoms. The van der Waals surface area contributed by atoms with E-state index in [1.165, 1.54) is 44.9 Å². The lowest BCUT2D eigenvalue weighted by Crippen LogP contribution is -2.38. The van der Waals surface area contributed by atoms with Crippen molar-refractivity contribution in [2.24, 2.45) is 10.9 Å². The summed E-state index contributed by atoms with van der Waals surface area (Å²) in [6.45, 7) is 1.71. The lowest BCUT2D eigenvalue weighted by molar-refractivity contribution is 0.472. The Morgan fingerprint density at radius 3 is 2.81 bits per heavy atom. The van der Waals surface area contributed by atoms with Gasteiger partial charge in [0.25, 0.3) is 0 Å². The standard InChI is InChI=1S/C19H30N6O.HI/c1-20-19(21-12-5-4-9-15-7-2-3-8-15)22-13-11-17-23-18(25-24-17)16-10-6-14-26-16;/h6,10,14-15H,2-5,7-9,11-13H2,1H3,(H2,20,21,22)(H,23,24,25);1H. The molecule has 0 amide bonds. The molecule has 2 heterocycles. The van der Waals surface area contributed by atoms with Crippen LogP contribution in [-0.4, -0.2) is 41.3 Å². The van der Waals surface area contributed by atoms with Crippen molar-refractivity contribution >= 4 is 29.9 Å². The molecule has 0 aromatic carbocycles. The van der Waals surface area contributed by atoms with Crippen molar-refractivity contribution in [3.63, 3.8) is 0 Å². The molecule has 0 saturated heterocycles. The first kappa shape index (κ1) is 21.7. The number of hydrogen-bond acceptors (Lipinski definition) is 4. The number of aromatic nitrogens is 3. The largest absolute Gasteiger partial charge is 0.461 e. The number of aliphatic imine (C=N–C) groups is 1. The highest BCUT2D eigenvalue weighted by Crippen LogP contribution is 2.28. The first-order valence-corrected chi connectivity index (χ1v) is 9.75. The number of furan rings is 1. The zero-order chi connectivity index (χ0) is 18.0. The number of H-pyrrole nitrogens is 1. The summed E-state index contributed by atoms with van der Waals surface area (Å²) in [6, 6.07) is 3.68. The van der Waals surface area contributed by atoms with Crippen LogP contribution in [0.2, 0.25) is 0 Å². The average Bonchev–Trinajstić information content (AvgIpc) is 3.41. The van der Waals surface area contributed by atoms with Gasteiger partial charge in [-0.2, -0.15) is 5.10 Å². The second-order valence-electron chi connectivity index (χ2n) is 6.91. The van der Waals surface area contributed by atoms with Crippen LogP contribution in [0.1, 0.15) is 50.8 Å². The zero-order valence-electron chi connectivity index (χ0n) is 16.0. The van der Waals surface area contributed by atoms with Gasteiger partial charge in [0, 0.05) is 26.6 Å². The van der Waals surface area contributed by atoms with Crippen molar-refractivity contribution in [1.29, 1.82) is 0 Å². The first-order valence-electron chi connectivity index (χ1n) is 9.75. The van der Waals surface area contributed by atoms with Crippen LogP contribution in [0, 0.1) is 5.92 Å². The van der Waals surface area contributed by atoms with Crippen LogP contribution in [0.25, 0.3) is 11.6 Å². The van der Waals surface area contributed by atoms with E-state index in [1.807, 2.05) is 12.1 Å². The summed E-state index contributed by atoms with van der Waals surface area (Å²) in [5, 5.41) is 13.8. The van der Waals surface area contributed by atoms with E-state index in [2.05, 4.69) is 30.8 Å². The van der Waals surface area contributed by atoms with E-state index in [4.69, 9.17) is 4.42 Å². The number of nitrogens with one attached hydrogen (secondary N) is 3. The predicted molar refractivity (Wildman–Crippen MR) is 118 cm³/mol. The molecule has 2 aromatic rings.